The lowest BCUT2D eigenvalue weighted by atomic mass is 9.90. The quantitative estimate of drug-likeness (QED) is 0.875. The van der Waals surface area contributed by atoms with Crippen LogP contribution in [0.25, 0.3) is 0 Å². The minimum atomic E-state index is -0.404. The van der Waals surface area contributed by atoms with E-state index in [1.165, 1.54) is 12.1 Å². The van der Waals surface area contributed by atoms with Crippen molar-refractivity contribution in [3.8, 4) is 5.75 Å². The molecule has 3 rings (SSSR count). The minimum Gasteiger partial charge on any atom is -0.489 e. The lowest BCUT2D eigenvalue weighted by Gasteiger charge is -2.23. The van der Waals surface area contributed by atoms with E-state index in [0.29, 0.717) is 21.9 Å². The molecule has 5 heteroatoms. The van der Waals surface area contributed by atoms with Crippen LogP contribution in [0.3, 0.4) is 0 Å². The van der Waals surface area contributed by atoms with Crippen molar-refractivity contribution >= 4 is 11.6 Å². The summed E-state index contributed by atoms with van der Waals surface area (Å²) < 4.78 is 33.5. The van der Waals surface area contributed by atoms with Crippen LogP contribution in [0.2, 0.25) is 5.02 Å². The van der Waals surface area contributed by atoms with E-state index in [9.17, 15) is 8.78 Å². The fraction of sp³-hybridized carbons (Fsp3) is 0.333. The van der Waals surface area contributed by atoms with Crippen LogP contribution in [-0.4, -0.2) is 13.1 Å². The SMILES string of the molecule is Fc1cc(Cl)ccc1COc1ccc(F)c(C2CCNCC2)c1. The molecule has 1 heterocycles. The first-order valence-corrected chi connectivity index (χ1v) is 8.08. The molecule has 1 fully saturated rings. The van der Waals surface area contributed by atoms with E-state index in [1.54, 1.807) is 24.3 Å². The molecular formula is C18H18ClF2NO. The van der Waals surface area contributed by atoms with Crippen molar-refractivity contribution in [3.63, 3.8) is 0 Å². The second-order valence-electron chi connectivity index (χ2n) is 5.73. The van der Waals surface area contributed by atoms with Gasteiger partial charge >= 0.3 is 0 Å². The monoisotopic (exact) mass is 337 g/mol. The van der Waals surface area contributed by atoms with Crippen LogP contribution in [0.15, 0.2) is 36.4 Å². The fourth-order valence-electron chi connectivity index (χ4n) is 2.86. The number of rotatable bonds is 4. The largest absolute Gasteiger partial charge is 0.489 e. The summed E-state index contributed by atoms with van der Waals surface area (Å²) in [6, 6.07) is 9.20. The molecule has 0 atom stereocenters. The first-order chi connectivity index (χ1) is 11.1. The third-order valence-electron chi connectivity index (χ3n) is 4.16. The summed E-state index contributed by atoms with van der Waals surface area (Å²) in [5.41, 5.74) is 1.10. The molecular weight excluding hydrogens is 320 g/mol. The van der Waals surface area contributed by atoms with Gasteiger partial charge < -0.3 is 10.1 Å². The molecule has 1 N–H and O–H groups in total. The molecule has 2 aromatic carbocycles. The molecule has 23 heavy (non-hydrogen) atoms. The van der Waals surface area contributed by atoms with Gasteiger partial charge in [-0.2, -0.15) is 0 Å². The highest BCUT2D eigenvalue weighted by Gasteiger charge is 2.19. The second kappa shape index (κ2) is 7.28. The van der Waals surface area contributed by atoms with Gasteiger partial charge in [0.15, 0.2) is 0 Å². The van der Waals surface area contributed by atoms with Crippen LogP contribution >= 0.6 is 11.6 Å². The second-order valence-corrected chi connectivity index (χ2v) is 6.17. The van der Waals surface area contributed by atoms with E-state index >= 15 is 0 Å². The van der Waals surface area contributed by atoms with Gasteiger partial charge in [-0.1, -0.05) is 17.7 Å². The number of benzene rings is 2. The van der Waals surface area contributed by atoms with Crippen molar-refractivity contribution in [2.75, 3.05) is 13.1 Å². The number of nitrogens with one attached hydrogen (secondary N) is 1. The topological polar surface area (TPSA) is 21.3 Å². The summed E-state index contributed by atoms with van der Waals surface area (Å²) in [7, 11) is 0. The number of ether oxygens (including phenoxy) is 1. The van der Waals surface area contributed by atoms with Gasteiger partial charge in [-0.25, -0.2) is 8.78 Å². The summed E-state index contributed by atoms with van der Waals surface area (Å²) in [6.07, 6.45) is 1.82. The Morgan fingerprint density at radius 2 is 1.83 bits per heavy atom. The Morgan fingerprint density at radius 1 is 1.04 bits per heavy atom. The zero-order valence-corrected chi connectivity index (χ0v) is 13.4. The lowest BCUT2D eigenvalue weighted by Crippen LogP contribution is -2.27. The Balaban J connectivity index is 1.72. The standard InChI is InChI=1S/C18H18ClF2NO/c19-14-2-1-13(18(21)9-14)11-23-15-3-4-17(20)16(10-15)12-5-7-22-8-6-12/h1-4,9-10,12,22H,5-8,11H2. The van der Waals surface area contributed by atoms with Gasteiger partial charge in [-0.15, -0.1) is 0 Å². The van der Waals surface area contributed by atoms with Crippen molar-refractivity contribution < 1.29 is 13.5 Å². The molecule has 0 radical (unpaired) electrons. The van der Waals surface area contributed by atoms with Crippen molar-refractivity contribution in [2.45, 2.75) is 25.4 Å². The fourth-order valence-corrected chi connectivity index (χ4v) is 3.02. The highest BCUT2D eigenvalue weighted by molar-refractivity contribution is 6.30. The molecule has 2 aromatic rings. The van der Waals surface area contributed by atoms with E-state index in [2.05, 4.69) is 5.32 Å². The zero-order chi connectivity index (χ0) is 16.2. The van der Waals surface area contributed by atoms with Gasteiger partial charge in [-0.3, -0.25) is 0 Å². The Labute approximate surface area is 139 Å². The first-order valence-electron chi connectivity index (χ1n) is 7.70. The average Bonchev–Trinajstić information content (AvgIpc) is 2.56. The van der Waals surface area contributed by atoms with E-state index < -0.39 is 5.82 Å². The van der Waals surface area contributed by atoms with Gasteiger partial charge in [0.05, 0.1) is 0 Å². The molecule has 1 aliphatic heterocycles. The summed E-state index contributed by atoms with van der Waals surface area (Å²) in [4.78, 5) is 0. The highest BCUT2D eigenvalue weighted by Crippen LogP contribution is 2.30. The maximum absolute atomic E-state index is 14.1. The van der Waals surface area contributed by atoms with Gasteiger partial charge in [0.1, 0.15) is 24.0 Å². The van der Waals surface area contributed by atoms with Gasteiger partial charge in [0.25, 0.3) is 0 Å². The van der Waals surface area contributed by atoms with Crippen molar-refractivity contribution in [1.82, 2.24) is 5.32 Å². The average molecular weight is 338 g/mol. The molecule has 0 aromatic heterocycles. The summed E-state index contributed by atoms with van der Waals surface area (Å²) in [5, 5.41) is 3.62. The van der Waals surface area contributed by atoms with E-state index in [-0.39, 0.29) is 18.3 Å². The van der Waals surface area contributed by atoms with Crippen LogP contribution in [0, 0.1) is 11.6 Å². The van der Waals surface area contributed by atoms with Gasteiger partial charge in [-0.05, 0) is 67.7 Å². The molecule has 0 unspecified atom stereocenters. The molecule has 122 valence electrons. The van der Waals surface area contributed by atoms with E-state index in [4.69, 9.17) is 16.3 Å². The Morgan fingerprint density at radius 3 is 2.57 bits per heavy atom. The van der Waals surface area contributed by atoms with Crippen molar-refractivity contribution in [2.24, 2.45) is 0 Å². The highest BCUT2D eigenvalue weighted by atomic mass is 35.5. The number of piperidine rings is 1. The molecule has 2 nitrogen and oxygen atoms in total. The molecule has 0 aliphatic carbocycles. The molecule has 0 saturated carbocycles. The van der Waals surface area contributed by atoms with E-state index in [1.807, 2.05) is 0 Å². The zero-order valence-electron chi connectivity index (χ0n) is 12.6. The minimum absolute atomic E-state index is 0.0836. The van der Waals surface area contributed by atoms with Crippen LogP contribution in [0.5, 0.6) is 5.75 Å². The Kier molecular flexibility index (Phi) is 5.13. The maximum atomic E-state index is 14.1. The van der Waals surface area contributed by atoms with E-state index in [0.717, 1.165) is 25.9 Å². The van der Waals surface area contributed by atoms with Crippen LogP contribution < -0.4 is 10.1 Å². The van der Waals surface area contributed by atoms with Crippen LogP contribution in [0.1, 0.15) is 29.9 Å². The summed E-state index contributed by atoms with van der Waals surface area (Å²) in [6.45, 7) is 1.87. The van der Waals surface area contributed by atoms with Gasteiger partial charge in [0.2, 0.25) is 0 Å². The third kappa shape index (κ3) is 4.01. The Bertz CT molecular complexity index is 687. The van der Waals surface area contributed by atoms with Crippen molar-refractivity contribution in [3.05, 3.63) is 64.2 Å². The molecule has 0 bridgehead atoms. The predicted molar refractivity (Wildman–Crippen MR) is 87.0 cm³/mol. The normalized spacial score (nSPS) is 15.6. The summed E-state index contributed by atoms with van der Waals surface area (Å²) >= 11 is 5.73. The van der Waals surface area contributed by atoms with Crippen molar-refractivity contribution in [1.29, 1.82) is 0 Å². The first kappa shape index (κ1) is 16.2. The number of hydrogen-bond donors (Lipinski definition) is 1. The summed E-state index contributed by atoms with van der Waals surface area (Å²) in [5.74, 6) is 0.140. The molecule has 0 amide bonds. The molecule has 1 aliphatic rings. The Hall–Kier alpha value is -1.65. The predicted octanol–water partition coefficient (Wildman–Crippen LogP) is 4.66. The maximum Gasteiger partial charge on any atom is 0.131 e. The van der Waals surface area contributed by atoms with Gasteiger partial charge in [0, 0.05) is 10.6 Å². The number of halogens is 3. The van der Waals surface area contributed by atoms with Crippen LogP contribution in [-0.2, 0) is 6.61 Å². The third-order valence-corrected chi connectivity index (χ3v) is 4.39. The van der Waals surface area contributed by atoms with Crippen LogP contribution in [0.4, 0.5) is 8.78 Å². The molecule has 0 spiro atoms. The molecule has 1 saturated heterocycles. The smallest absolute Gasteiger partial charge is 0.131 e. The lowest BCUT2D eigenvalue weighted by molar-refractivity contribution is 0.298. The number of hydrogen-bond acceptors (Lipinski definition) is 2.